The summed E-state index contributed by atoms with van der Waals surface area (Å²) in [5, 5.41) is 0. The molecule has 0 N–H and O–H groups in total. The monoisotopic (exact) mass is 204 g/mol. The van der Waals surface area contributed by atoms with Gasteiger partial charge in [-0.25, -0.2) is 9.37 Å². The van der Waals surface area contributed by atoms with E-state index in [4.69, 9.17) is 0 Å². The van der Waals surface area contributed by atoms with Crippen molar-refractivity contribution in [1.29, 1.82) is 0 Å². The molecule has 15 heavy (non-hydrogen) atoms. The minimum atomic E-state index is -0.522. The van der Waals surface area contributed by atoms with E-state index in [2.05, 4.69) is 4.98 Å². The maximum atomic E-state index is 13.7. The van der Waals surface area contributed by atoms with Gasteiger partial charge >= 0.3 is 0 Å². The molecule has 0 radical (unpaired) electrons. The molecular weight excluding hydrogens is 195 g/mol. The molecule has 1 aromatic carbocycles. The summed E-state index contributed by atoms with van der Waals surface area (Å²) in [4.78, 5) is 14.6. The number of rotatable bonds is 2. The average molecular weight is 204 g/mol. The maximum absolute atomic E-state index is 13.7. The van der Waals surface area contributed by atoms with Gasteiger partial charge in [-0.3, -0.25) is 4.79 Å². The lowest BCUT2D eigenvalue weighted by atomic mass is 10.1. The molecule has 0 bridgehead atoms. The number of carbonyl (C=O) groups is 1. The highest BCUT2D eigenvalue weighted by atomic mass is 19.1. The van der Waals surface area contributed by atoms with E-state index in [0.717, 1.165) is 0 Å². The minimum absolute atomic E-state index is 0.0538. The summed E-state index contributed by atoms with van der Waals surface area (Å²) in [7, 11) is 1.80. The number of benzene rings is 1. The van der Waals surface area contributed by atoms with Crippen molar-refractivity contribution in [2.24, 2.45) is 7.05 Å². The normalized spacial score (nSPS) is 10.3. The Bertz CT molecular complexity index is 505. The predicted octanol–water partition coefficient (Wildman–Crippen LogP) is 2.04. The van der Waals surface area contributed by atoms with E-state index in [1.807, 2.05) is 0 Å². The van der Waals surface area contributed by atoms with Crippen molar-refractivity contribution >= 4 is 6.29 Å². The van der Waals surface area contributed by atoms with Crippen LogP contribution in [0.1, 0.15) is 10.4 Å². The molecule has 0 atom stereocenters. The SMILES string of the molecule is Cn1cnc(-c2cccc(C=O)c2F)c1. The summed E-state index contributed by atoms with van der Waals surface area (Å²) < 4.78 is 15.4. The van der Waals surface area contributed by atoms with Gasteiger partial charge in [-0.1, -0.05) is 6.07 Å². The minimum Gasteiger partial charge on any atom is -0.340 e. The van der Waals surface area contributed by atoms with E-state index in [1.54, 1.807) is 36.3 Å². The Hall–Kier alpha value is -1.97. The Morgan fingerprint density at radius 2 is 2.27 bits per heavy atom. The molecule has 0 aliphatic carbocycles. The van der Waals surface area contributed by atoms with E-state index in [-0.39, 0.29) is 5.56 Å². The summed E-state index contributed by atoms with van der Waals surface area (Å²) in [6.07, 6.45) is 3.79. The number of nitrogens with zero attached hydrogens (tertiary/aromatic N) is 2. The molecule has 2 aromatic rings. The first kappa shape index (κ1) is 9.58. The fourth-order valence-electron chi connectivity index (χ4n) is 1.39. The van der Waals surface area contributed by atoms with Gasteiger partial charge < -0.3 is 4.57 Å². The second-order valence-electron chi connectivity index (χ2n) is 3.25. The van der Waals surface area contributed by atoms with Crippen molar-refractivity contribution in [1.82, 2.24) is 9.55 Å². The molecular formula is C11H9FN2O. The third-order valence-corrected chi connectivity index (χ3v) is 2.14. The zero-order valence-corrected chi connectivity index (χ0v) is 8.14. The van der Waals surface area contributed by atoms with Gasteiger partial charge in [-0.05, 0) is 12.1 Å². The first-order valence-corrected chi connectivity index (χ1v) is 4.44. The molecule has 0 amide bonds. The molecule has 0 fully saturated rings. The van der Waals surface area contributed by atoms with Gasteiger partial charge in [0.25, 0.3) is 0 Å². The molecule has 3 nitrogen and oxygen atoms in total. The van der Waals surface area contributed by atoms with Gasteiger partial charge in [0, 0.05) is 18.8 Å². The average Bonchev–Trinajstić information content (AvgIpc) is 2.65. The molecule has 1 aromatic heterocycles. The lowest BCUT2D eigenvalue weighted by molar-refractivity contribution is 0.112. The molecule has 2 rings (SSSR count). The second-order valence-corrected chi connectivity index (χ2v) is 3.25. The molecule has 0 saturated heterocycles. The fourth-order valence-corrected chi connectivity index (χ4v) is 1.39. The number of hydrogen-bond acceptors (Lipinski definition) is 2. The third kappa shape index (κ3) is 1.66. The van der Waals surface area contributed by atoms with Crippen LogP contribution in [-0.4, -0.2) is 15.8 Å². The molecule has 0 unspecified atom stereocenters. The number of hydrogen-bond donors (Lipinski definition) is 0. The van der Waals surface area contributed by atoms with Gasteiger partial charge in [-0.15, -0.1) is 0 Å². The van der Waals surface area contributed by atoms with Crippen molar-refractivity contribution in [2.75, 3.05) is 0 Å². The Morgan fingerprint density at radius 3 is 2.87 bits per heavy atom. The molecule has 0 aliphatic heterocycles. The Balaban J connectivity index is 2.58. The van der Waals surface area contributed by atoms with Crippen LogP contribution in [0.3, 0.4) is 0 Å². The lowest BCUT2D eigenvalue weighted by Gasteiger charge is -2.00. The highest BCUT2D eigenvalue weighted by Crippen LogP contribution is 2.22. The summed E-state index contributed by atoms with van der Waals surface area (Å²) in [6, 6.07) is 4.68. The topological polar surface area (TPSA) is 34.9 Å². The molecule has 0 aliphatic rings. The van der Waals surface area contributed by atoms with Gasteiger partial charge in [0.1, 0.15) is 5.82 Å². The summed E-state index contributed by atoms with van der Waals surface area (Å²) in [5.74, 6) is -0.522. The predicted molar refractivity (Wildman–Crippen MR) is 54.0 cm³/mol. The second kappa shape index (κ2) is 3.65. The molecule has 4 heteroatoms. The van der Waals surface area contributed by atoms with Crippen LogP contribution in [0.15, 0.2) is 30.7 Å². The molecule has 0 spiro atoms. The summed E-state index contributed by atoms with van der Waals surface area (Å²) in [5.41, 5.74) is 0.928. The molecule has 1 heterocycles. The fraction of sp³-hybridized carbons (Fsp3) is 0.0909. The van der Waals surface area contributed by atoms with E-state index in [1.165, 1.54) is 6.07 Å². The summed E-state index contributed by atoms with van der Waals surface area (Å²) in [6.45, 7) is 0. The van der Waals surface area contributed by atoms with Gasteiger partial charge in [0.15, 0.2) is 6.29 Å². The first-order valence-electron chi connectivity index (χ1n) is 4.44. The smallest absolute Gasteiger partial charge is 0.153 e. The van der Waals surface area contributed by atoms with Crippen molar-refractivity contribution in [3.8, 4) is 11.3 Å². The van der Waals surface area contributed by atoms with Crippen LogP contribution >= 0.6 is 0 Å². The Kier molecular flexibility index (Phi) is 2.33. The number of carbonyl (C=O) groups excluding carboxylic acids is 1. The Labute approximate surface area is 86.2 Å². The van der Waals surface area contributed by atoms with Crippen LogP contribution in [0.5, 0.6) is 0 Å². The maximum Gasteiger partial charge on any atom is 0.153 e. The van der Waals surface area contributed by atoms with Gasteiger partial charge in [0.2, 0.25) is 0 Å². The highest BCUT2D eigenvalue weighted by molar-refractivity contribution is 5.78. The number of aldehydes is 1. The van der Waals surface area contributed by atoms with E-state index in [9.17, 15) is 9.18 Å². The van der Waals surface area contributed by atoms with Crippen LogP contribution in [0.4, 0.5) is 4.39 Å². The van der Waals surface area contributed by atoms with Crippen molar-refractivity contribution in [3.05, 3.63) is 42.1 Å². The van der Waals surface area contributed by atoms with Gasteiger partial charge in [0.05, 0.1) is 17.6 Å². The Morgan fingerprint density at radius 1 is 1.47 bits per heavy atom. The quantitative estimate of drug-likeness (QED) is 0.701. The van der Waals surface area contributed by atoms with Gasteiger partial charge in [-0.2, -0.15) is 0 Å². The summed E-state index contributed by atoms with van der Waals surface area (Å²) >= 11 is 0. The van der Waals surface area contributed by atoms with Crippen molar-refractivity contribution in [3.63, 3.8) is 0 Å². The van der Waals surface area contributed by atoms with Crippen molar-refractivity contribution < 1.29 is 9.18 Å². The van der Waals surface area contributed by atoms with E-state index in [0.29, 0.717) is 17.5 Å². The number of aromatic nitrogens is 2. The highest BCUT2D eigenvalue weighted by Gasteiger charge is 2.10. The van der Waals surface area contributed by atoms with Crippen molar-refractivity contribution in [2.45, 2.75) is 0 Å². The standard InChI is InChI=1S/C11H9FN2O/c1-14-5-10(13-7-14)9-4-2-3-8(6-15)11(9)12/h2-7H,1H3. The van der Waals surface area contributed by atoms with Crippen LogP contribution in [0.2, 0.25) is 0 Å². The van der Waals surface area contributed by atoms with Crippen LogP contribution in [0.25, 0.3) is 11.3 Å². The van der Waals surface area contributed by atoms with E-state index >= 15 is 0 Å². The van der Waals surface area contributed by atoms with Crippen LogP contribution in [0, 0.1) is 5.82 Å². The molecule has 76 valence electrons. The third-order valence-electron chi connectivity index (χ3n) is 2.14. The number of aryl methyl sites for hydroxylation is 1. The first-order chi connectivity index (χ1) is 7.22. The van der Waals surface area contributed by atoms with E-state index < -0.39 is 5.82 Å². The number of imidazole rings is 1. The zero-order valence-electron chi connectivity index (χ0n) is 8.14. The zero-order chi connectivity index (χ0) is 10.8. The number of halogens is 1. The molecule has 0 saturated carbocycles. The lowest BCUT2D eigenvalue weighted by Crippen LogP contribution is -1.91. The van der Waals surface area contributed by atoms with Crippen LogP contribution < -0.4 is 0 Å². The largest absolute Gasteiger partial charge is 0.340 e. The van der Waals surface area contributed by atoms with Crippen LogP contribution in [-0.2, 0) is 7.05 Å².